The van der Waals surface area contributed by atoms with Crippen molar-refractivity contribution in [2.45, 2.75) is 46.6 Å². The Morgan fingerprint density at radius 1 is 1.21 bits per heavy atom. The maximum absolute atomic E-state index is 4.09. The maximum atomic E-state index is 4.09. The molecule has 2 N–H and O–H groups in total. The molecule has 0 aliphatic heterocycles. The van der Waals surface area contributed by atoms with Crippen LogP contribution in [-0.4, -0.2) is 6.04 Å². The van der Waals surface area contributed by atoms with Crippen molar-refractivity contribution in [2.75, 3.05) is 5.32 Å². The molecule has 0 aliphatic rings. The highest BCUT2D eigenvalue weighted by Crippen LogP contribution is 2.19. The molecular weight excluding hydrogens is 232 g/mol. The standard InChI is InChI=1S/C17H26N2/c1-7-14(5)19-17-9-8-13(4)16(11-17)10-15(6)18-12(2)3/h8-9,11-12,18-19H,5-7,10H2,1-4H3. The van der Waals surface area contributed by atoms with Gasteiger partial charge in [0.1, 0.15) is 0 Å². The highest BCUT2D eigenvalue weighted by molar-refractivity contribution is 5.52. The molecule has 1 rings (SSSR count). The van der Waals surface area contributed by atoms with Crippen LogP contribution in [0.1, 0.15) is 38.3 Å². The first-order valence-corrected chi connectivity index (χ1v) is 6.91. The summed E-state index contributed by atoms with van der Waals surface area (Å²) in [6, 6.07) is 6.85. The van der Waals surface area contributed by atoms with Crippen LogP contribution in [0.15, 0.2) is 42.8 Å². The van der Waals surface area contributed by atoms with Crippen molar-refractivity contribution in [1.29, 1.82) is 0 Å². The fraction of sp³-hybridized carbons (Fsp3) is 0.412. The maximum Gasteiger partial charge on any atom is 0.0384 e. The van der Waals surface area contributed by atoms with Crippen molar-refractivity contribution in [1.82, 2.24) is 5.32 Å². The van der Waals surface area contributed by atoms with Gasteiger partial charge in [-0.25, -0.2) is 0 Å². The molecule has 0 unspecified atom stereocenters. The van der Waals surface area contributed by atoms with Gasteiger partial charge in [0, 0.05) is 29.5 Å². The Bertz CT molecular complexity index is 458. The SMILES string of the molecule is C=C(CC)Nc1ccc(C)c(CC(=C)NC(C)C)c1. The zero-order valence-corrected chi connectivity index (χ0v) is 12.6. The van der Waals surface area contributed by atoms with Crippen LogP contribution >= 0.6 is 0 Å². The summed E-state index contributed by atoms with van der Waals surface area (Å²) in [5.41, 5.74) is 5.79. The van der Waals surface area contributed by atoms with Gasteiger partial charge in [0.05, 0.1) is 0 Å². The number of hydrogen-bond acceptors (Lipinski definition) is 2. The molecule has 104 valence electrons. The summed E-state index contributed by atoms with van der Waals surface area (Å²) < 4.78 is 0. The average Bonchev–Trinajstić information content (AvgIpc) is 2.32. The van der Waals surface area contributed by atoms with Gasteiger partial charge in [0.2, 0.25) is 0 Å². The predicted molar refractivity (Wildman–Crippen MR) is 85.3 cm³/mol. The second-order valence-corrected chi connectivity index (χ2v) is 5.30. The van der Waals surface area contributed by atoms with E-state index in [9.17, 15) is 0 Å². The second kappa shape index (κ2) is 7.03. The Hall–Kier alpha value is -1.70. The normalized spacial score (nSPS) is 10.4. The number of rotatable bonds is 7. The van der Waals surface area contributed by atoms with E-state index in [-0.39, 0.29) is 0 Å². The molecule has 1 aromatic carbocycles. The first-order valence-electron chi connectivity index (χ1n) is 6.91. The zero-order valence-electron chi connectivity index (χ0n) is 12.6. The fourth-order valence-corrected chi connectivity index (χ4v) is 1.92. The van der Waals surface area contributed by atoms with Gasteiger partial charge in [-0.05, 0) is 50.5 Å². The summed E-state index contributed by atoms with van der Waals surface area (Å²) in [4.78, 5) is 0. The van der Waals surface area contributed by atoms with Crippen LogP contribution in [-0.2, 0) is 6.42 Å². The van der Waals surface area contributed by atoms with Crippen molar-refractivity contribution < 1.29 is 0 Å². The molecule has 0 fully saturated rings. The fourth-order valence-electron chi connectivity index (χ4n) is 1.92. The summed E-state index contributed by atoms with van der Waals surface area (Å²) in [6.45, 7) is 16.6. The lowest BCUT2D eigenvalue weighted by Crippen LogP contribution is -2.22. The Balaban J connectivity index is 2.79. The smallest absolute Gasteiger partial charge is 0.0384 e. The van der Waals surface area contributed by atoms with Gasteiger partial charge < -0.3 is 10.6 Å². The minimum Gasteiger partial charge on any atom is -0.386 e. The lowest BCUT2D eigenvalue weighted by atomic mass is 10.0. The van der Waals surface area contributed by atoms with Crippen molar-refractivity contribution >= 4 is 5.69 Å². The Kier molecular flexibility index (Phi) is 5.68. The van der Waals surface area contributed by atoms with E-state index >= 15 is 0 Å². The summed E-state index contributed by atoms with van der Waals surface area (Å²) in [6.07, 6.45) is 1.79. The molecule has 2 nitrogen and oxygen atoms in total. The van der Waals surface area contributed by atoms with E-state index in [1.54, 1.807) is 0 Å². The van der Waals surface area contributed by atoms with Crippen molar-refractivity contribution in [3.8, 4) is 0 Å². The van der Waals surface area contributed by atoms with Crippen LogP contribution in [0.25, 0.3) is 0 Å². The van der Waals surface area contributed by atoms with E-state index in [1.807, 2.05) is 0 Å². The van der Waals surface area contributed by atoms with Crippen LogP contribution in [0.2, 0.25) is 0 Å². The molecule has 0 spiro atoms. The Morgan fingerprint density at radius 3 is 2.47 bits per heavy atom. The van der Waals surface area contributed by atoms with Gasteiger partial charge in [-0.1, -0.05) is 26.1 Å². The summed E-state index contributed by atoms with van der Waals surface area (Å²) in [5, 5.41) is 6.69. The van der Waals surface area contributed by atoms with E-state index in [1.165, 1.54) is 11.1 Å². The monoisotopic (exact) mass is 258 g/mol. The third-order valence-corrected chi connectivity index (χ3v) is 2.99. The van der Waals surface area contributed by atoms with Gasteiger partial charge >= 0.3 is 0 Å². The van der Waals surface area contributed by atoms with Crippen molar-refractivity contribution in [2.24, 2.45) is 0 Å². The van der Waals surface area contributed by atoms with Gasteiger partial charge in [-0.15, -0.1) is 0 Å². The van der Waals surface area contributed by atoms with Crippen LogP contribution in [0.5, 0.6) is 0 Å². The van der Waals surface area contributed by atoms with Gasteiger partial charge in [-0.3, -0.25) is 0 Å². The van der Waals surface area contributed by atoms with Crippen LogP contribution in [0.4, 0.5) is 5.69 Å². The second-order valence-electron chi connectivity index (χ2n) is 5.30. The van der Waals surface area contributed by atoms with Crippen LogP contribution in [0, 0.1) is 6.92 Å². The number of aryl methyl sites for hydroxylation is 1. The van der Waals surface area contributed by atoms with E-state index < -0.39 is 0 Å². The highest BCUT2D eigenvalue weighted by atomic mass is 14.9. The lowest BCUT2D eigenvalue weighted by Gasteiger charge is -2.16. The van der Waals surface area contributed by atoms with Crippen LogP contribution in [0.3, 0.4) is 0 Å². The molecule has 0 aromatic heterocycles. The zero-order chi connectivity index (χ0) is 14.4. The summed E-state index contributed by atoms with van der Waals surface area (Å²) in [7, 11) is 0. The lowest BCUT2D eigenvalue weighted by molar-refractivity contribution is 0.657. The number of hydrogen-bond donors (Lipinski definition) is 2. The molecular formula is C17H26N2. The average molecular weight is 258 g/mol. The molecule has 0 amide bonds. The van der Waals surface area contributed by atoms with E-state index in [4.69, 9.17) is 0 Å². The minimum absolute atomic E-state index is 0.425. The summed E-state index contributed by atoms with van der Waals surface area (Å²) >= 11 is 0. The molecule has 2 heteroatoms. The number of anilines is 1. The van der Waals surface area contributed by atoms with Gasteiger partial charge in [0.15, 0.2) is 0 Å². The largest absolute Gasteiger partial charge is 0.386 e. The van der Waals surface area contributed by atoms with E-state index in [0.717, 1.165) is 29.9 Å². The molecule has 0 bridgehead atoms. The Morgan fingerprint density at radius 2 is 1.89 bits per heavy atom. The number of allylic oxidation sites excluding steroid dienone is 2. The highest BCUT2D eigenvalue weighted by Gasteiger charge is 2.04. The molecule has 0 aliphatic carbocycles. The molecule has 0 heterocycles. The summed E-state index contributed by atoms with van der Waals surface area (Å²) in [5.74, 6) is 0. The molecule has 0 atom stereocenters. The molecule has 1 aromatic rings. The van der Waals surface area contributed by atoms with E-state index in [0.29, 0.717) is 6.04 Å². The quantitative estimate of drug-likeness (QED) is 0.758. The molecule has 19 heavy (non-hydrogen) atoms. The van der Waals surface area contributed by atoms with Gasteiger partial charge in [0.25, 0.3) is 0 Å². The third-order valence-electron chi connectivity index (χ3n) is 2.99. The Labute approximate surface area is 117 Å². The molecule has 0 saturated heterocycles. The van der Waals surface area contributed by atoms with Crippen LogP contribution < -0.4 is 10.6 Å². The van der Waals surface area contributed by atoms with Crippen molar-refractivity contribution in [3.63, 3.8) is 0 Å². The van der Waals surface area contributed by atoms with Gasteiger partial charge in [-0.2, -0.15) is 0 Å². The predicted octanol–water partition coefficient (Wildman–Crippen LogP) is 4.38. The minimum atomic E-state index is 0.425. The number of nitrogens with one attached hydrogen (secondary N) is 2. The molecule has 0 radical (unpaired) electrons. The third kappa shape index (κ3) is 5.21. The van der Waals surface area contributed by atoms with Crippen molar-refractivity contribution in [3.05, 3.63) is 53.9 Å². The number of benzene rings is 1. The molecule has 0 saturated carbocycles. The van der Waals surface area contributed by atoms with E-state index in [2.05, 4.69) is 69.7 Å². The first kappa shape index (κ1) is 15.4. The topological polar surface area (TPSA) is 24.1 Å². The first-order chi connectivity index (χ1) is 8.92.